The van der Waals surface area contributed by atoms with Gasteiger partial charge < -0.3 is 0 Å². The second-order valence-corrected chi connectivity index (χ2v) is 6.05. The van der Waals surface area contributed by atoms with E-state index in [1.165, 1.54) is 11.1 Å². The zero-order valence-corrected chi connectivity index (χ0v) is 15.0. The lowest BCUT2D eigenvalue weighted by Gasteiger charge is -2.32. The number of hydrogen-bond donors (Lipinski definition) is 0. The monoisotopic (exact) mass is 304 g/mol. The maximum absolute atomic E-state index is 12.6. The lowest BCUT2D eigenvalue weighted by Crippen LogP contribution is -2.39. The molecule has 0 atom stereocenters. The van der Waals surface area contributed by atoms with E-state index in [0.29, 0.717) is 6.42 Å². The quantitative estimate of drug-likeness (QED) is 0.604. The van der Waals surface area contributed by atoms with E-state index in [9.17, 15) is 4.79 Å². The van der Waals surface area contributed by atoms with E-state index >= 15 is 0 Å². The van der Waals surface area contributed by atoms with Crippen LogP contribution in [0.3, 0.4) is 0 Å². The highest BCUT2D eigenvalue weighted by atomic mass is 16.2. The third-order valence-electron chi connectivity index (χ3n) is 4.22. The van der Waals surface area contributed by atoms with E-state index in [1.807, 2.05) is 18.0 Å². The summed E-state index contributed by atoms with van der Waals surface area (Å²) in [4.78, 5) is 19.3. The first-order valence-corrected chi connectivity index (χ1v) is 8.83. The molecule has 0 fully saturated rings. The zero-order valence-electron chi connectivity index (χ0n) is 15.0. The first-order valence-electron chi connectivity index (χ1n) is 8.83. The molecule has 0 bridgehead atoms. The molecule has 0 saturated heterocycles. The molecule has 0 N–H and O–H groups in total. The minimum absolute atomic E-state index is 0.193. The van der Waals surface area contributed by atoms with Gasteiger partial charge in [0, 0.05) is 18.7 Å². The van der Waals surface area contributed by atoms with Crippen molar-refractivity contribution in [2.24, 2.45) is 4.99 Å². The Morgan fingerprint density at radius 2 is 1.86 bits per heavy atom. The van der Waals surface area contributed by atoms with E-state index < -0.39 is 0 Å². The molecule has 0 aromatic rings. The largest absolute Gasteiger partial charge is 0.294 e. The second kappa shape index (κ2) is 9.60. The van der Waals surface area contributed by atoms with Crippen molar-refractivity contribution in [3.05, 3.63) is 23.0 Å². The average Bonchev–Trinajstić information content (AvgIpc) is 2.70. The van der Waals surface area contributed by atoms with Gasteiger partial charge in [0.1, 0.15) is 5.82 Å². The van der Waals surface area contributed by atoms with Crippen LogP contribution < -0.4 is 0 Å². The Morgan fingerprint density at radius 3 is 2.36 bits per heavy atom. The fraction of sp³-hybridized carbons (Fsp3) is 0.684. The standard InChI is InChI=1S/C19H32N2O/c1-6-10-17(11-7-2)21(18(22)9-4)19-15(5)12-13-16(8-3)14-20-19/h13-14,17H,6-12H2,1-5H3. The molecule has 3 nitrogen and oxygen atoms in total. The topological polar surface area (TPSA) is 32.7 Å². The Labute approximate surface area is 136 Å². The van der Waals surface area contributed by atoms with Gasteiger partial charge in [-0.2, -0.15) is 0 Å². The molecule has 1 heterocycles. The minimum atomic E-state index is 0.193. The molecule has 0 aliphatic carbocycles. The highest BCUT2D eigenvalue weighted by Gasteiger charge is 2.26. The summed E-state index contributed by atoms with van der Waals surface area (Å²) in [5.74, 6) is 1.08. The van der Waals surface area contributed by atoms with Crippen molar-refractivity contribution in [2.45, 2.75) is 85.6 Å². The van der Waals surface area contributed by atoms with Crippen LogP contribution in [0, 0.1) is 0 Å². The summed E-state index contributed by atoms with van der Waals surface area (Å²) >= 11 is 0. The summed E-state index contributed by atoms with van der Waals surface area (Å²) in [7, 11) is 0. The summed E-state index contributed by atoms with van der Waals surface area (Å²) in [5, 5.41) is 0. The van der Waals surface area contributed by atoms with Gasteiger partial charge in [0.2, 0.25) is 5.91 Å². The number of amides is 1. The van der Waals surface area contributed by atoms with Crippen molar-refractivity contribution in [3.8, 4) is 0 Å². The Hall–Kier alpha value is -1.38. The van der Waals surface area contributed by atoms with Gasteiger partial charge in [0.15, 0.2) is 0 Å². The second-order valence-electron chi connectivity index (χ2n) is 6.05. The van der Waals surface area contributed by atoms with Gasteiger partial charge in [-0.15, -0.1) is 0 Å². The van der Waals surface area contributed by atoms with E-state index in [0.717, 1.165) is 44.3 Å². The summed E-state index contributed by atoms with van der Waals surface area (Å²) in [6, 6.07) is 0.271. The van der Waals surface area contributed by atoms with Crippen LogP contribution in [0.5, 0.6) is 0 Å². The molecule has 1 rings (SSSR count). The van der Waals surface area contributed by atoms with E-state index in [1.54, 1.807) is 0 Å². The molecule has 0 radical (unpaired) electrons. The zero-order chi connectivity index (χ0) is 16.5. The van der Waals surface area contributed by atoms with E-state index in [4.69, 9.17) is 4.99 Å². The summed E-state index contributed by atoms with van der Waals surface area (Å²) in [6.07, 6.45) is 10.8. The Bertz CT molecular complexity index is 454. The summed E-state index contributed by atoms with van der Waals surface area (Å²) in [6.45, 7) is 10.6. The molecule has 0 aromatic heterocycles. The molecule has 1 aliphatic heterocycles. The Balaban J connectivity index is 3.18. The van der Waals surface area contributed by atoms with Crippen LogP contribution in [0.2, 0.25) is 0 Å². The first kappa shape index (κ1) is 18.7. The highest BCUT2D eigenvalue weighted by Crippen LogP contribution is 2.26. The molecular formula is C19H32N2O. The minimum Gasteiger partial charge on any atom is -0.294 e. The van der Waals surface area contributed by atoms with E-state index in [2.05, 4.69) is 33.8 Å². The van der Waals surface area contributed by atoms with Crippen molar-refractivity contribution >= 4 is 12.1 Å². The third kappa shape index (κ3) is 4.82. The Morgan fingerprint density at radius 1 is 1.23 bits per heavy atom. The van der Waals surface area contributed by atoms with Crippen molar-refractivity contribution in [1.82, 2.24) is 4.90 Å². The van der Waals surface area contributed by atoms with Crippen LogP contribution in [-0.2, 0) is 4.79 Å². The van der Waals surface area contributed by atoms with E-state index in [-0.39, 0.29) is 11.9 Å². The van der Waals surface area contributed by atoms with Crippen molar-refractivity contribution < 1.29 is 4.79 Å². The molecule has 0 unspecified atom stereocenters. The predicted octanol–water partition coefficient (Wildman–Crippen LogP) is 5.24. The number of nitrogens with zero attached hydrogens (tertiary/aromatic N) is 2. The average molecular weight is 304 g/mol. The first-order chi connectivity index (χ1) is 10.6. The lowest BCUT2D eigenvalue weighted by atomic mass is 10.0. The van der Waals surface area contributed by atoms with Gasteiger partial charge in [-0.1, -0.05) is 46.6 Å². The van der Waals surface area contributed by atoms with Crippen LogP contribution in [0.4, 0.5) is 0 Å². The van der Waals surface area contributed by atoms with Crippen LogP contribution in [-0.4, -0.2) is 23.1 Å². The predicted molar refractivity (Wildman–Crippen MR) is 94.9 cm³/mol. The molecule has 1 aliphatic rings. The van der Waals surface area contributed by atoms with Crippen LogP contribution in [0.25, 0.3) is 0 Å². The van der Waals surface area contributed by atoms with Crippen molar-refractivity contribution in [3.63, 3.8) is 0 Å². The number of carbonyl (C=O) groups is 1. The molecule has 0 aromatic carbocycles. The lowest BCUT2D eigenvalue weighted by molar-refractivity contribution is -0.131. The van der Waals surface area contributed by atoms with Gasteiger partial charge >= 0.3 is 0 Å². The fourth-order valence-corrected chi connectivity index (χ4v) is 2.92. The van der Waals surface area contributed by atoms with Crippen molar-refractivity contribution in [2.75, 3.05) is 0 Å². The van der Waals surface area contributed by atoms with Gasteiger partial charge in [-0.25, -0.2) is 4.99 Å². The molecule has 0 saturated carbocycles. The molecule has 124 valence electrons. The van der Waals surface area contributed by atoms with Crippen molar-refractivity contribution in [1.29, 1.82) is 0 Å². The number of aliphatic imine (C=N–C) groups is 1. The smallest absolute Gasteiger partial charge is 0.228 e. The molecule has 22 heavy (non-hydrogen) atoms. The fourth-order valence-electron chi connectivity index (χ4n) is 2.92. The number of rotatable bonds is 8. The highest BCUT2D eigenvalue weighted by molar-refractivity contribution is 5.82. The molecule has 0 spiro atoms. The van der Waals surface area contributed by atoms with Gasteiger partial charge in [-0.05, 0) is 43.8 Å². The Kier molecular flexibility index (Phi) is 8.15. The molecular weight excluding hydrogens is 272 g/mol. The number of carbonyl (C=O) groups excluding carboxylic acids is 1. The molecule has 1 amide bonds. The van der Waals surface area contributed by atoms with Crippen LogP contribution >= 0.6 is 0 Å². The number of hydrogen-bond acceptors (Lipinski definition) is 2. The number of allylic oxidation sites excluding steroid dienone is 3. The summed E-state index contributed by atoms with van der Waals surface area (Å²) in [5.41, 5.74) is 2.44. The van der Waals surface area contributed by atoms with Crippen LogP contribution in [0.15, 0.2) is 28.0 Å². The molecule has 3 heteroatoms. The summed E-state index contributed by atoms with van der Waals surface area (Å²) < 4.78 is 0. The maximum Gasteiger partial charge on any atom is 0.228 e. The van der Waals surface area contributed by atoms with Crippen LogP contribution in [0.1, 0.15) is 79.6 Å². The van der Waals surface area contributed by atoms with Gasteiger partial charge in [0.25, 0.3) is 0 Å². The SMILES string of the molecule is CCCC(CCC)N(C(=O)CC)C1=C(C)CC=C(CC)C=N1. The van der Waals surface area contributed by atoms with Gasteiger partial charge in [0.05, 0.1) is 0 Å². The maximum atomic E-state index is 12.6. The normalized spacial score (nSPS) is 15.1. The van der Waals surface area contributed by atoms with Gasteiger partial charge in [-0.3, -0.25) is 9.69 Å². The third-order valence-corrected chi connectivity index (χ3v) is 4.22.